The van der Waals surface area contributed by atoms with Crippen LogP contribution in [0.4, 0.5) is 0 Å². The smallest absolute Gasteiger partial charge is 0.326 e. The SMILES string of the molecule is CC1(C)[C@@H]2[C@@H](C(=O)O)N(C(=O)c3ccc4nccn4c3)C[C@@H]21. The Morgan fingerprint density at radius 3 is 2.86 bits per heavy atom. The van der Waals surface area contributed by atoms with E-state index in [9.17, 15) is 14.7 Å². The number of fused-ring (bicyclic) bond motifs is 2. The quantitative estimate of drug-likeness (QED) is 0.912. The lowest BCUT2D eigenvalue weighted by Crippen LogP contribution is -2.45. The van der Waals surface area contributed by atoms with Gasteiger partial charge < -0.3 is 14.4 Å². The minimum atomic E-state index is -0.907. The van der Waals surface area contributed by atoms with E-state index < -0.39 is 12.0 Å². The van der Waals surface area contributed by atoms with E-state index in [1.54, 1.807) is 35.1 Å². The maximum absolute atomic E-state index is 12.7. The maximum atomic E-state index is 12.7. The van der Waals surface area contributed by atoms with Crippen molar-refractivity contribution in [2.45, 2.75) is 19.9 Å². The number of hydrogen-bond acceptors (Lipinski definition) is 3. The molecule has 1 aliphatic carbocycles. The van der Waals surface area contributed by atoms with E-state index >= 15 is 0 Å². The van der Waals surface area contributed by atoms with Crippen LogP contribution in [0.15, 0.2) is 30.7 Å². The van der Waals surface area contributed by atoms with Crippen molar-refractivity contribution in [3.05, 3.63) is 36.3 Å². The molecule has 4 rings (SSSR count). The van der Waals surface area contributed by atoms with Crippen LogP contribution in [0.3, 0.4) is 0 Å². The molecule has 1 N–H and O–H groups in total. The van der Waals surface area contributed by atoms with Crippen LogP contribution in [0.1, 0.15) is 24.2 Å². The Morgan fingerprint density at radius 1 is 1.36 bits per heavy atom. The highest BCUT2D eigenvalue weighted by Gasteiger charge is 2.69. The minimum Gasteiger partial charge on any atom is -0.480 e. The summed E-state index contributed by atoms with van der Waals surface area (Å²) in [7, 11) is 0. The first kappa shape index (κ1) is 13.3. The van der Waals surface area contributed by atoms with Gasteiger partial charge in [-0.25, -0.2) is 9.78 Å². The fraction of sp³-hybridized carbons (Fsp3) is 0.438. The predicted octanol–water partition coefficient (Wildman–Crippen LogP) is 1.52. The summed E-state index contributed by atoms with van der Waals surface area (Å²) in [6.07, 6.45) is 5.14. The molecule has 6 heteroatoms. The number of carboxylic acid groups (broad SMARTS) is 1. The van der Waals surface area contributed by atoms with Crippen molar-refractivity contribution in [3.63, 3.8) is 0 Å². The normalized spacial score (nSPS) is 28.6. The Balaban J connectivity index is 1.66. The number of pyridine rings is 1. The van der Waals surface area contributed by atoms with Crippen LogP contribution < -0.4 is 0 Å². The summed E-state index contributed by atoms with van der Waals surface area (Å²) in [5.41, 5.74) is 1.28. The van der Waals surface area contributed by atoms with Crippen molar-refractivity contribution in [1.82, 2.24) is 14.3 Å². The molecular formula is C16H17N3O3. The number of likely N-dealkylation sites (tertiary alicyclic amines) is 1. The van der Waals surface area contributed by atoms with Crippen LogP contribution in [0.5, 0.6) is 0 Å². The zero-order chi connectivity index (χ0) is 15.6. The molecule has 22 heavy (non-hydrogen) atoms. The number of nitrogens with zero attached hydrogens (tertiary/aromatic N) is 3. The number of aromatic nitrogens is 2. The molecule has 2 aromatic heterocycles. The lowest BCUT2D eigenvalue weighted by atomic mass is 10.0. The second-order valence-electron chi connectivity index (χ2n) is 6.80. The van der Waals surface area contributed by atoms with E-state index in [0.717, 1.165) is 5.65 Å². The van der Waals surface area contributed by atoms with E-state index in [-0.39, 0.29) is 23.2 Å². The molecule has 3 heterocycles. The molecule has 2 fully saturated rings. The standard InChI is InChI=1S/C16H17N3O3/c1-16(2)10-8-19(13(12(10)16)15(21)22)14(20)9-3-4-11-17-5-6-18(11)7-9/h3-7,10,12-13H,8H2,1-2H3,(H,21,22)/t10-,12-,13-/m0/s1. The first-order chi connectivity index (χ1) is 10.4. The van der Waals surface area contributed by atoms with Crippen molar-refractivity contribution >= 4 is 17.5 Å². The van der Waals surface area contributed by atoms with Crippen molar-refractivity contribution in [1.29, 1.82) is 0 Å². The molecular weight excluding hydrogens is 282 g/mol. The average Bonchev–Trinajstić information content (AvgIpc) is 2.94. The highest BCUT2D eigenvalue weighted by Crippen LogP contribution is 2.64. The van der Waals surface area contributed by atoms with Crippen LogP contribution in [0, 0.1) is 17.3 Å². The summed E-state index contributed by atoms with van der Waals surface area (Å²) in [5.74, 6) is -0.776. The lowest BCUT2D eigenvalue weighted by molar-refractivity contribution is -0.142. The molecule has 1 saturated heterocycles. The van der Waals surface area contributed by atoms with Gasteiger partial charge in [0, 0.05) is 31.1 Å². The molecule has 3 atom stereocenters. The molecule has 1 saturated carbocycles. The average molecular weight is 299 g/mol. The number of carboxylic acids is 1. The third kappa shape index (κ3) is 1.63. The van der Waals surface area contributed by atoms with Gasteiger partial charge in [-0.05, 0) is 23.5 Å². The molecule has 114 valence electrons. The molecule has 1 aliphatic heterocycles. The molecule has 0 spiro atoms. The van der Waals surface area contributed by atoms with Crippen molar-refractivity contribution in [3.8, 4) is 0 Å². The van der Waals surface area contributed by atoms with Gasteiger partial charge in [0.25, 0.3) is 5.91 Å². The predicted molar refractivity (Wildman–Crippen MR) is 78.4 cm³/mol. The van der Waals surface area contributed by atoms with Gasteiger partial charge in [0.1, 0.15) is 11.7 Å². The van der Waals surface area contributed by atoms with Gasteiger partial charge in [0.2, 0.25) is 0 Å². The third-order valence-corrected chi connectivity index (χ3v) is 5.36. The van der Waals surface area contributed by atoms with Crippen LogP contribution in [0.25, 0.3) is 5.65 Å². The Hall–Kier alpha value is -2.37. The van der Waals surface area contributed by atoms with Gasteiger partial charge in [0.15, 0.2) is 0 Å². The first-order valence-electron chi connectivity index (χ1n) is 7.38. The fourth-order valence-corrected chi connectivity index (χ4v) is 3.99. The Bertz CT molecular complexity index is 795. The molecule has 2 aromatic rings. The van der Waals surface area contributed by atoms with Crippen LogP contribution in [0.2, 0.25) is 0 Å². The zero-order valence-corrected chi connectivity index (χ0v) is 12.4. The van der Waals surface area contributed by atoms with Gasteiger partial charge in [-0.15, -0.1) is 0 Å². The number of imidazole rings is 1. The number of aliphatic carboxylic acids is 1. The summed E-state index contributed by atoms with van der Waals surface area (Å²) in [4.78, 5) is 30.0. The van der Waals surface area contributed by atoms with Gasteiger partial charge in [-0.1, -0.05) is 13.8 Å². The molecule has 6 nitrogen and oxygen atoms in total. The molecule has 0 unspecified atom stereocenters. The molecule has 0 bridgehead atoms. The Morgan fingerprint density at radius 2 is 2.14 bits per heavy atom. The monoisotopic (exact) mass is 299 g/mol. The van der Waals surface area contributed by atoms with Gasteiger partial charge >= 0.3 is 5.97 Å². The number of carbonyl (C=O) groups excluding carboxylic acids is 1. The molecule has 0 radical (unpaired) electrons. The maximum Gasteiger partial charge on any atom is 0.326 e. The summed E-state index contributed by atoms with van der Waals surface area (Å²) >= 11 is 0. The molecule has 2 aliphatic rings. The topological polar surface area (TPSA) is 74.9 Å². The van der Waals surface area contributed by atoms with Crippen LogP contribution in [-0.4, -0.2) is 43.9 Å². The van der Waals surface area contributed by atoms with E-state index in [1.807, 2.05) is 0 Å². The van der Waals surface area contributed by atoms with Crippen molar-refractivity contribution in [2.75, 3.05) is 6.54 Å². The van der Waals surface area contributed by atoms with E-state index in [4.69, 9.17) is 0 Å². The number of piperidine rings is 1. The largest absolute Gasteiger partial charge is 0.480 e. The molecule has 1 amide bonds. The summed E-state index contributed by atoms with van der Waals surface area (Å²) < 4.78 is 1.77. The third-order valence-electron chi connectivity index (χ3n) is 5.36. The second kappa shape index (κ2) is 4.09. The highest BCUT2D eigenvalue weighted by atomic mass is 16.4. The highest BCUT2D eigenvalue weighted by molar-refractivity contribution is 5.97. The van der Waals surface area contributed by atoms with E-state index in [2.05, 4.69) is 18.8 Å². The van der Waals surface area contributed by atoms with E-state index in [1.165, 1.54) is 4.90 Å². The fourth-order valence-electron chi connectivity index (χ4n) is 3.99. The summed E-state index contributed by atoms with van der Waals surface area (Å²) in [5, 5.41) is 9.54. The van der Waals surface area contributed by atoms with Crippen LogP contribution >= 0.6 is 0 Å². The Kier molecular flexibility index (Phi) is 2.47. The Labute approximate surface area is 127 Å². The van der Waals surface area contributed by atoms with E-state index in [0.29, 0.717) is 12.1 Å². The van der Waals surface area contributed by atoms with Crippen molar-refractivity contribution in [2.24, 2.45) is 17.3 Å². The molecule has 0 aromatic carbocycles. The van der Waals surface area contributed by atoms with Gasteiger partial charge in [-0.2, -0.15) is 0 Å². The number of carbonyl (C=O) groups is 2. The zero-order valence-electron chi connectivity index (χ0n) is 12.4. The van der Waals surface area contributed by atoms with Gasteiger partial charge in [-0.3, -0.25) is 4.79 Å². The summed E-state index contributed by atoms with van der Waals surface area (Å²) in [6.45, 7) is 4.69. The summed E-state index contributed by atoms with van der Waals surface area (Å²) in [6, 6.07) is 2.76. The van der Waals surface area contributed by atoms with Gasteiger partial charge in [0.05, 0.1) is 5.56 Å². The number of hydrogen-bond donors (Lipinski definition) is 1. The number of amides is 1. The lowest BCUT2D eigenvalue weighted by Gasteiger charge is -2.28. The van der Waals surface area contributed by atoms with Crippen LogP contribution in [-0.2, 0) is 4.79 Å². The second-order valence-corrected chi connectivity index (χ2v) is 6.80. The van der Waals surface area contributed by atoms with Crippen molar-refractivity contribution < 1.29 is 14.7 Å². The first-order valence-corrected chi connectivity index (χ1v) is 7.38. The minimum absolute atomic E-state index is 0.0220. The number of rotatable bonds is 2.